The summed E-state index contributed by atoms with van der Waals surface area (Å²) in [5, 5.41) is 12.7. The lowest BCUT2D eigenvalue weighted by atomic mass is 9.99. The molecular weight excluding hydrogens is 888 g/mol. The highest BCUT2D eigenvalue weighted by Crippen LogP contribution is 2.40. The largest absolute Gasteiger partial charge is 0.485 e. The van der Waals surface area contributed by atoms with E-state index in [0.717, 1.165) is 51.8 Å². The fraction of sp³-hybridized carbons (Fsp3) is 0.479. The highest BCUT2D eigenvalue weighted by atomic mass is 35.5. The molecular formula is C48H57ClN6O10S. The number of ketones is 2. The average Bonchev–Trinajstić information content (AvgIpc) is 3.88. The predicted octanol–water partition coefficient (Wildman–Crippen LogP) is 7.22. The number of amides is 4. The van der Waals surface area contributed by atoms with E-state index < -0.39 is 35.7 Å². The number of aromatic nitrogens is 3. The van der Waals surface area contributed by atoms with Crippen molar-refractivity contribution in [3.63, 3.8) is 0 Å². The van der Waals surface area contributed by atoms with Crippen LogP contribution in [-0.2, 0) is 33.4 Å². The van der Waals surface area contributed by atoms with Gasteiger partial charge in [0.2, 0.25) is 11.8 Å². The Balaban J connectivity index is 0.000000222. The molecule has 2 atom stereocenters. The van der Waals surface area contributed by atoms with Gasteiger partial charge >= 0.3 is 0 Å². The van der Waals surface area contributed by atoms with Crippen LogP contribution < -0.4 is 10.1 Å². The van der Waals surface area contributed by atoms with E-state index in [2.05, 4.69) is 33.9 Å². The van der Waals surface area contributed by atoms with Gasteiger partial charge in [0.1, 0.15) is 41.0 Å². The number of thiophene rings is 1. The second-order valence-corrected chi connectivity index (χ2v) is 17.7. The molecule has 3 aliphatic heterocycles. The van der Waals surface area contributed by atoms with Crippen molar-refractivity contribution in [1.82, 2.24) is 25.0 Å². The zero-order valence-electron chi connectivity index (χ0n) is 38.1. The Labute approximate surface area is 393 Å². The van der Waals surface area contributed by atoms with Gasteiger partial charge in [-0.25, -0.2) is 0 Å². The number of nitrogens with one attached hydrogen (secondary N) is 1. The fourth-order valence-electron chi connectivity index (χ4n) is 7.85. The molecule has 4 aromatic rings. The standard InChI is InChI=1S/C27H33ClN4O3S.C21H24N2O7/c1-5-34-14-15-35-13-7-6-8-22(33)16-23-26-31-30-19(4)32(26)27-24(17(2)18(3)36-27)25(29-23)20-9-11-21(28)12-10-20;1-2-29-11-4-3-6-13(24)12-30-16-8-5-7-14-18(16)21(28)23(20(14)27)15-9-10-17(25)22-19(15)26/h9-12,23H,5-8,13-16H2,1-4H3;5,7-8,15H,2-4,6,9-12H2,1H3,(H,22,25,26)/t23-;/m0./s1. The first-order valence-corrected chi connectivity index (χ1v) is 23.6. The van der Waals surface area contributed by atoms with Gasteiger partial charge in [0, 0.05) is 73.1 Å². The Morgan fingerprint density at radius 1 is 0.818 bits per heavy atom. The number of ether oxygens (including phenoxy) is 4. The summed E-state index contributed by atoms with van der Waals surface area (Å²) in [5.41, 5.74) is 4.25. The second kappa shape index (κ2) is 23.8. The zero-order valence-corrected chi connectivity index (χ0v) is 39.7. The minimum Gasteiger partial charge on any atom is -0.485 e. The lowest BCUT2D eigenvalue weighted by Crippen LogP contribution is -2.54. The van der Waals surface area contributed by atoms with Gasteiger partial charge in [0.25, 0.3) is 11.8 Å². The second-order valence-electron chi connectivity index (χ2n) is 16.0. The first-order chi connectivity index (χ1) is 31.8. The number of carbonyl (C=O) groups excluding carboxylic acids is 6. The number of hydrogen-bond acceptors (Lipinski definition) is 14. The van der Waals surface area contributed by atoms with Gasteiger partial charge in [0.15, 0.2) is 11.6 Å². The quantitative estimate of drug-likeness (QED) is 0.0614. The van der Waals surface area contributed by atoms with E-state index in [1.54, 1.807) is 17.4 Å². The summed E-state index contributed by atoms with van der Waals surface area (Å²) < 4.78 is 23.7. The maximum Gasteiger partial charge on any atom is 0.266 e. The Morgan fingerprint density at radius 3 is 2.21 bits per heavy atom. The number of halogens is 1. The number of aliphatic imine (C=N–C) groups is 1. The molecule has 0 aliphatic carbocycles. The van der Waals surface area contributed by atoms with Crippen LogP contribution in [-0.4, -0.2) is 113 Å². The predicted molar refractivity (Wildman–Crippen MR) is 248 cm³/mol. The maximum absolute atomic E-state index is 13.0. The number of imide groups is 2. The van der Waals surface area contributed by atoms with Gasteiger partial charge < -0.3 is 18.9 Å². The van der Waals surface area contributed by atoms with E-state index in [1.807, 2.05) is 45.0 Å². The molecule has 1 fully saturated rings. The molecule has 0 bridgehead atoms. The summed E-state index contributed by atoms with van der Waals surface area (Å²) in [5.74, 6) is -0.707. The number of Topliss-reactive ketones (excluding diaryl/α,β-unsaturated/α-hetero) is 2. The minimum atomic E-state index is -1.05. The topological polar surface area (TPSA) is 198 Å². The molecule has 18 heteroatoms. The number of benzene rings is 2. The molecule has 5 heterocycles. The third-order valence-electron chi connectivity index (χ3n) is 11.4. The molecule has 66 heavy (non-hydrogen) atoms. The number of nitrogens with zero attached hydrogens (tertiary/aromatic N) is 5. The molecule has 2 aromatic carbocycles. The van der Waals surface area contributed by atoms with Gasteiger partial charge in [-0.3, -0.25) is 48.5 Å². The Bertz CT molecular complexity index is 2450. The van der Waals surface area contributed by atoms with Gasteiger partial charge in [-0.05, 0) is 96.6 Å². The van der Waals surface area contributed by atoms with Gasteiger partial charge in [-0.1, -0.05) is 29.8 Å². The summed E-state index contributed by atoms with van der Waals surface area (Å²) in [6.45, 7) is 13.6. The molecule has 0 saturated carbocycles. The van der Waals surface area contributed by atoms with Crippen LogP contribution in [0.4, 0.5) is 0 Å². The van der Waals surface area contributed by atoms with Crippen molar-refractivity contribution in [2.24, 2.45) is 4.99 Å². The van der Waals surface area contributed by atoms with E-state index in [1.165, 1.54) is 22.6 Å². The number of piperidine rings is 1. The van der Waals surface area contributed by atoms with E-state index in [0.29, 0.717) is 69.8 Å². The average molecular weight is 946 g/mol. The van der Waals surface area contributed by atoms with E-state index in [-0.39, 0.29) is 54.3 Å². The maximum atomic E-state index is 13.0. The first-order valence-electron chi connectivity index (χ1n) is 22.4. The summed E-state index contributed by atoms with van der Waals surface area (Å²) in [4.78, 5) is 81.6. The van der Waals surface area contributed by atoms with Gasteiger partial charge in [-0.15, -0.1) is 21.5 Å². The van der Waals surface area contributed by atoms with Crippen LogP contribution in [0, 0.1) is 20.8 Å². The fourth-order valence-corrected chi connectivity index (χ4v) is 9.19. The highest BCUT2D eigenvalue weighted by Gasteiger charge is 2.46. The number of unbranched alkanes of at least 4 members (excludes halogenated alkanes) is 2. The molecule has 1 N–H and O–H groups in total. The van der Waals surface area contributed by atoms with Crippen LogP contribution in [0.15, 0.2) is 47.5 Å². The summed E-state index contributed by atoms with van der Waals surface area (Å²) in [6.07, 6.45) is 4.30. The Morgan fingerprint density at radius 2 is 1.50 bits per heavy atom. The number of aryl methyl sites for hydroxylation is 2. The molecule has 352 valence electrons. The van der Waals surface area contributed by atoms with Crippen LogP contribution in [0.5, 0.6) is 5.75 Å². The van der Waals surface area contributed by atoms with Crippen molar-refractivity contribution >= 4 is 63.8 Å². The smallest absolute Gasteiger partial charge is 0.266 e. The van der Waals surface area contributed by atoms with Crippen LogP contribution in [0.2, 0.25) is 5.02 Å². The molecule has 3 aliphatic rings. The minimum absolute atomic E-state index is 0.0383. The Kier molecular flexibility index (Phi) is 18.0. The van der Waals surface area contributed by atoms with Gasteiger partial charge in [-0.2, -0.15) is 0 Å². The molecule has 1 unspecified atom stereocenters. The van der Waals surface area contributed by atoms with E-state index in [9.17, 15) is 28.8 Å². The SMILES string of the molecule is CCOCCCCC(=O)COc1cccc2c1C(=O)N(C1CCC(=O)NC1=O)C2=O.CCOCCOCCCCC(=O)C[C@@H]1N=C(c2ccc(Cl)cc2)c2c(sc(C)c2C)-n2c(C)nnc21. The van der Waals surface area contributed by atoms with Crippen LogP contribution >= 0.6 is 22.9 Å². The van der Waals surface area contributed by atoms with Crippen molar-refractivity contribution in [2.45, 2.75) is 104 Å². The molecule has 4 amide bonds. The number of hydrogen-bond donors (Lipinski definition) is 1. The van der Waals surface area contributed by atoms with Crippen molar-refractivity contribution in [1.29, 1.82) is 0 Å². The van der Waals surface area contributed by atoms with Crippen LogP contribution in [0.25, 0.3) is 5.00 Å². The highest BCUT2D eigenvalue weighted by molar-refractivity contribution is 7.15. The summed E-state index contributed by atoms with van der Waals surface area (Å²) in [7, 11) is 0. The molecule has 0 radical (unpaired) electrons. The molecule has 7 rings (SSSR count). The van der Waals surface area contributed by atoms with Crippen molar-refractivity contribution in [2.75, 3.05) is 46.2 Å². The lowest BCUT2D eigenvalue weighted by molar-refractivity contribution is -0.136. The first kappa shape index (κ1) is 50.0. The van der Waals surface area contributed by atoms with Crippen molar-refractivity contribution in [3.05, 3.63) is 91.8 Å². The summed E-state index contributed by atoms with van der Waals surface area (Å²) >= 11 is 7.88. The number of fused-ring (bicyclic) bond motifs is 4. The van der Waals surface area contributed by atoms with Crippen LogP contribution in [0.1, 0.15) is 132 Å². The van der Waals surface area contributed by atoms with Crippen molar-refractivity contribution < 1.29 is 47.7 Å². The normalized spacial score (nSPS) is 16.5. The van der Waals surface area contributed by atoms with E-state index >= 15 is 0 Å². The zero-order chi connectivity index (χ0) is 47.3. The van der Waals surface area contributed by atoms with Crippen molar-refractivity contribution in [3.8, 4) is 10.8 Å². The Hall–Kier alpha value is -5.46. The van der Waals surface area contributed by atoms with E-state index in [4.69, 9.17) is 35.5 Å². The molecule has 0 spiro atoms. The molecule has 2 aromatic heterocycles. The third-order valence-corrected chi connectivity index (χ3v) is 12.8. The van der Waals surface area contributed by atoms with Gasteiger partial charge in [0.05, 0.1) is 30.1 Å². The summed E-state index contributed by atoms with van der Waals surface area (Å²) in [6, 6.07) is 10.8. The lowest BCUT2D eigenvalue weighted by Gasteiger charge is -2.27. The molecule has 1 saturated heterocycles. The number of carbonyl (C=O) groups is 6. The molecule has 16 nitrogen and oxygen atoms in total. The monoisotopic (exact) mass is 944 g/mol. The van der Waals surface area contributed by atoms with Crippen LogP contribution in [0.3, 0.4) is 0 Å². The third kappa shape index (κ3) is 12.1. The number of rotatable bonds is 22.